The molecule has 0 aliphatic heterocycles. The molecule has 0 bridgehead atoms. The van der Waals surface area contributed by atoms with E-state index in [2.05, 4.69) is 0 Å². The number of ketones is 1. The Morgan fingerprint density at radius 3 is 2.28 bits per heavy atom. The van der Waals surface area contributed by atoms with E-state index in [-0.39, 0.29) is 18.0 Å². The number of rotatable bonds is 7. The predicted molar refractivity (Wildman–Crippen MR) is 114 cm³/mol. The highest BCUT2D eigenvalue weighted by Crippen LogP contribution is 2.28. The number of aryl methyl sites for hydroxylation is 1. The van der Waals surface area contributed by atoms with Gasteiger partial charge in [0.05, 0.1) is 0 Å². The number of benzene rings is 2. The Hall–Kier alpha value is -2.82. The number of ether oxygens (including phenoxy) is 2. The van der Waals surface area contributed by atoms with Gasteiger partial charge in [-0.3, -0.25) is 4.79 Å². The second-order valence-corrected chi connectivity index (χ2v) is 8.24. The molecular weight excluding hydrogens is 366 g/mol. The fraction of sp³-hybridized carbons (Fsp3) is 0.417. The Bertz CT molecular complexity index is 840. The van der Waals surface area contributed by atoms with Gasteiger partial charge in [0, 0.05) is 25.6 Å². The van der Waals surface area contributed by atoms with E-state index in [1.54, 1.807) is 24.9 Å². The lowest BCUT2D eigenvalue weighted by atomic mass is 10.0. The van der Waals surface area contributed by atoms with Crippen LogP contribution in [0.5, 0.6) is 5.75 Å². The minimum Gasteiger partial charge on any atom is -0.485 e. The zero-order chi connectivity index (χ0) is 21.6. The third-order valence-electron chi connectivity index (χ3n) is 4.45. The van der Waals surface area contributed by atoms with Gasteiger partial charge in [-0.2, -0.15) is 0 Å². The molecule has 0 heterocycles. The molecule has 0 N–H and O–H groups in total. The number of hydrogen-bond donors (Lipinski definition) is 0. The fourth-order valence-electron chi connectivity index (χ4n) is 2.86. The van der Waals surface area contributed by atoms with Gasteiger partial charge in [-0.15, -0.1) is 0 Å². The van der Waals surface area contributed by atoms with Crippen LogP contribution in [-0.2, 0) is 4.74 Å². The number of amides is 1. The van der Waals surface area contributed by atoms with Gasteiger partial charge in [0.2, 0.25) is 0 Å². The van der Waals surface area contributed by atoms with Crippen LogP contribution in [0, 0.1) is 6.92 Å². The van der Waals surface area contributed by atoms with Gasteiger partial charge >= 0.3 is 6.09 Å². The average Bonchev–Trinajstić information content (AvgIpc) is 2.65. The summed E-state index contributed by atoms with van der Waals surface area (Å²) in [7, 11) is 1.73. The molecule has 0 aliphatic carbocycles. The van der Waals surface area contributed by atoms with Crippen molar-refractivity contribution in [2.24, 2.45) is 0 Å². The van der Waals surface area contributed by atoms with E-state index in [9.17, 15) is 9.59 Å². The third kappa shape index (κ3) is 6.93. The fourth-order valence-corrected chi connectivity index (χ4v) is 2.86. The number of carbonyl (C=O) groups excluding carboxylic acids is 2. The van der Waals surface area contributed by atoms with Crippen molar-refractivity contribution in [3.05, 3.63) is 65.2 Å². The normalized spacial score (nSPS) is 12.2. The molecule has 0 radical (unpaired) electrons. The maximum atomic E-state index is 12.3. The lowest BCUT2D eigenvalue weighted by molar-refractivity contribution is 0.0278. The Kier molecular flexibility index (Phi) is 7.43. The van der Waals surface area contributed by atoms with Crippen molar-refractivity contribution in [3.63, 3.8) is 0 Å². The minimum atomic E-state index is -0.532. The maximum absolute atomic E-state index is 12.3. The summed E-state index contributed by atoms with van der Waals surface area (Å²) in [6.07, 6.45) is 0.0162. The van der Waals surface area contributed by atoms with Crippen molar-refractivity contribution >= 4 is 11.9 Å². The van der Waals surface area contributed by atoms with Crippen molar-refractivity contribution in [2.75, 3.05) is 13.6 Å². The summed E-state index contributed by atoms with van der Waals surface area (Å²) in [6, 6.07) is 15.4. The highest BCUT2D eigenvalue weighted by molar-refractivity contribution is 5.94. The van der Waals surface area contributed by atoms with E-state index in [1.807, 2.05) is 70.2 Å². The largest absolute Gasteiger partial charge is 0.485 e. The van der Waals surface area contributed by atoms with E-state index in [0.717, 1.165) is 16.9 Å². The van der Waals surface area contributed by atoms with Crippen molar-refractivity contribution in [1.29, 1.82) is 0 Å². The molecule has 29 heavy (non-hydrogen) atoms. The van der Waals surface area contributed by atoms with E-state index in [0.29, 0.717) is 18.5 Å². The first-order valence-electron chi connectivity index (χ1n) is 9.84. The van der Waals surface area contributed by atoms with Crippen LogP contribution < -0.4 is 4.74 Å². The third-order valence-corrected chi connectivity index (χ3v) is 4.45. The summed E-state index contributed by atoms with van der Waals surface area (Å²) >= 11 is 0. The summed E-state index contributed by atoms with van der Waals surface area (Å²) in [4.78, 5) is 25.4. The quantitative estimate of drug-likeness (QED) is 0.573. The highest BCUT2D eigenvalue weighted by Gasteiger charge is 2.22. The van der Waals surface area contributed by atoms with Crippen LogP contribution in [0.3, 0.4) is 0 Å². The van der Waals surface area contributed by atoms with E-state index in [1.165, 1.54) is 0 Å². The second kappa shape index (κ2) is 9.59. The molecule has 0 fully saturated rings. The Morgan fingerprint density at radius 2 is 1.72 bits per heavy atom. The van der Waals surface area contributed by atoms with Crippen molar-refractivity contribution in [2.45, 2.75) is 52.7 Å². The minimum absolute atomic E-state index is 0.0262. The first kappa shape index (κ1) is 22.5. The van der Waals surface area contributed by atoms with Crippen LogP contribution in [0.15, 0.2) is 48.5 Å². The maximum Gasteiger partial charge on any atom is 0.410 e. The molecule has 2 rings (SSSR count). The van der Waals surface area contributed by atoms with Crippen molar-refractivity contribution < 1.29 is 19.1 Å². The predicted octanol–water partition coefficient (Wildman–Crippen LogP) is 5.57. The number of Topliss-reactive ketones (excluding diaryl/α,β-unsaturated/α-hetero) is 1. The topological polar surface area (TPSA) is 55.8 Å². The van der Waals surface area contributed by atoms with Crippen LogP contribution in [0.1, 0.15) is 61.7 Å². The van der Waals surface area contributed by atoms with Crippen molar-refractivity contribution in [3.8, 4) is 5.75 Å². The smallest absolute Gasteiger partial charge is 0.410 e. The highest BCUT2D eigenvalue weighted by atomic mass is 16.6. The summed E-state index contributed by atoms with van der Waals surface area (Å²) in [6.45, 7) is 9.51. The first-order chi connectivity index (χ1) is 13.6. The van der Waals surface area contributed by atoms with Gasteiger partial charge in [-0.1, -0.05) is 30.3 Å². The van der Waals surface area contributed by atoms with Crippen LogP contribution in [0.25, 0.3) is 0 Å². The molecule has 0 unspecified atom stereocenters. The first-order valence-corrected chi connectivity index (χ1v) is 9.84. The van der Waals surface area contributed by atoms with Gasteiger partial charge in [0.1, 0.15) is 17.5 Å². The van der Waals surface area contributed by atoms with Gasteiger partial charge in [0.15, 0.2) is 5.78 Å². The molecule has 0 saturated carbocycles. The molecule has 5 nitrogen and oxygen atoms in total. The lowest BCUT2D eigenvalue weighted by Crippen LogP contribution is -2.35. The zero-order valence-corrected chi connectivity index (χ0v) is 18.2. The summed E-state index contributed by atoms with van der Waals surface area (Å²) in [5.41, 5.74) is 2.06. The SMILES string of the molecule is CC(=O)c1ccc(O[C@H](CCN(C)C(=O)OC(C)(C)C)c2ccccc2)c(C)c1. The second-order valence-electron chi connectivity index (χ2n) is 8.24. The zero-order valence-electron chi connectivity index (χ0n) is 18.2. The number of carbonyl (C=O) groups is 2. The Morgan fingerprint density at radius 1 is 1.07 bits per heavy atom. The molecular formula is C24H31NO4. The molecule has 2 aromatic rings. The molecule has 0 aliphatic rings. The van der Waals surface area contributed by atoms with Crippen LogP contribution in [-0.4, -0.2) is 36.0 Å². The van der Waals surface area contributed by atoms with Crippen LogP contribution in [0.4, 0.5) is 4.79 Å². The van der Waals surface area contributed by atoms with Gasteiger partial charge in [0.25, 0.3) is 0 Å². The Labute approximate surface area is 173 Å². The average molecular weight is 398 g/mol. The summed E-state index contributed by atoms with van der Waals surface area (Å²) in [5.74, 6) is 0.752. The molecule has 0 saturated heterocycles. The number of nitrogens with zero attached hydrogens (tertiary/aromatic N) is 1. The molecule has 1 atom stereocenters. The van der Waals surface area contributed by atoms with E-state index >= 15 is 0 Å². The monoisotopic (exact) mass is 397 g/mol. The van der Waals surface area contributed by atoms with E-state index < -0.39 is 5.60 Å². The molecule has 1 amide bonds. The van der Waals surface area contributed by atoms with Gasteiger partial charge in [-0.05, 0) is 63.9 Å². The lowest BCUT2D eigenvalue weighted by Gasteiger charge is -2.27. The number of hydrogen-bond acceptors (Lipinski definition) is 4. The molecule has 0 aromatic heterocycles. The molecule has 156 valence electrons. The van der Waals surface area contributed by atoms with E-state index in [4.69, 9.17) is 9.47 Å². The molecule has 0 spiro atoms. The van der Waals surface area contributed by atoms with Crippen LogP contribution in [0.2, 0.25) is 0 Å². The van der Waals surface area contributed by atoms with Gasteiger partial charge in [-0.25, -0.2) is 4.79 Å². The Balaban J connectivity index is 2.15. The van der Waals surface area contributed by atoms with Crippen LogP contribution >= 0.6 is 0 Å². The molecule has 2 aromatic carbocycles. The van der Waals surface area contributed by atoms with Gasteiger partial charge < -0.3 is 14.4 Å². The summed E-state index contributed by atoms with van der Waals surface area (Å²) < 4.78 is 11.7. The van der Waals surface area contributed by atoms with Crippen molar-refractivity contribution in [1.82, 2.24) is 4.90 Å². The standard InChI is InChI=1S/C24H31NO4/c1-17-16-20(18(2)26)12-13-21(17)28-22(19-10-8-7-9-11-19)14-15-25(6)23(27)29-24(3,4)5/h7-13,16,22H,14-15H2,1-6H3/t22-/m1/s1. The molecule has 5 heteroatoms. The summed E-state index contributed by atoms with van der Waals surface area (Å²) in [5, 5.41) is 0.